The standard InChI is InChI=1S/C13H19N5S2/c1-9-7-19-11(15-9)8-20-13-17-16-12(18(13)2)10-4-3-5-14-6-10/h7,10,14H,3-6,8H2,1-2H3/t10-/m1/s1. The molecule has 0 amide bonds. The van der Waals surface area contributed by atoms with Gasteiger partial charge in [-0.1, -0.05) is 11.8 Å². The van der Waals surface area contributed by atoms with Crippen molar-refractivity contribution in [3.8, 4) is 0 Å². The van der Waals surface area contributed by atoms with E-state index in [1.165, 1.54) is 12.8 Å². The van der Waals surface area contributed by atoms with Gasteiger partial charge in [-0.25, -0.2) is 4.98 Å². The Balaban J connectivity index is 1.66. The minimum Gasteiger partial charge on any atom is -0.316 e. The molecule has 0 aliphatic carbocycles. The number of nitrogens with zero attached hydrogens (tertiary/aromatic N) is 4. The van der Waals surface area contributed by atoms with Gasteiger partial charge in [0.2, 0.25) is 0 Å². The molecule has 1 atom stereocenters. The lowest BCUT2D eigenvalue weighted by Gasteiger charge is -2.21. The second-order valence-electron chi connectivity index (χ2n) is 5.11. The third-order valence-electron chi connectivity index (χ3n) is 3.52. The van der Waals surface area contributed by atoms with Crippen LogP contribution in [0.2, 0.25) is 0 Å². The normalized spacial score (nSPS) is 19.4. The highest BCUT2D eigenvalue weighted by Gasteiger charge is 2.21. The maximum atomic E-state index is 4.48. The number of hydrogen-bond donors (Lipinski definition) is 1. The summed E-state index contributed by atoms with van der Waals surface area (Å²) in [7, 11) is 2.07. The molecule has 1 saturated heterocycles. The number of rotatable bonds is 4. The molecule has 1 N–H and O–H groups in total. The second-order valence-corrected chi connectivity index (χ2v) is 7.00. The van der Waals surface area contributed by atoms with Crippen molar-refractivity contribution < 1.29 is 0 Å². The fraction of sp³-hybridized carbons (Fsp3) is 0.615. The molecular weight excluding hydrogens is 290 g/mol. The van der Waals surface area contributed by atoms with Gasteiger partial charge in [0.05, 0.1) is 5.75 Å². The molecule has 2 aromatic rings. The van der Waals surface area contributed by atoms with Crippen LogP contribution in [0.1, 0.15) is 35.3 Å². The van der Waals surface area contributed by atoms with Gasteiger partial charge in [0, 0.05) is 30.6 Å². The summed E-state index contributed by atoms with van der Waals surface area (Å²) in [5.41, 5.74) is 1.09. The Kier molecular flexibility index (Phi) is 4.38. The van der Waals surface area contributed by atoms with E-state index in [2.05, 4.69) is 37.5 Å². The maximum Gasteiger partial charge on any atom is 0.191 e. The molecule has 0 saturated carbocycles. The summed E-state index contributed by atoms with van der Waals surface area (Å²) >= 11 is 3.43. The Morgan fingerprint density at radius 2 is 2.40 bits per heavy atom. The largest absolute Gasteiger partial charge is 0.316 e. The van der Waals surface area contributed by atoms with Crippen LogP contribution < -0.4 is 5.32 Å². The van der Waals surface area contributed by atoms with Gasteiger partial charge in [0.25, 0.3) is 0 Å². The number of aromatic nitrogens is 4. The second kappa shape index (κ2) is 6.24. The number of hydrogen-bond acceptors (Lipinski definition) is 6. The molecule has 0 unspecified atom stereocenters. The lowest BCUT2D eigenvalue weighted by molar-refractivity contribution is 0.436. The zero-order valence-electron chi connectivity index (χ0n) is 11.8. The van der Waals surface area contributed by atoms with Crippen molar-refractivity contribution >= 4 is 23.1 Å². The molecule has 0 bridgehead atoms. The molecule has 3 heterocycles. The molecule has 5 nitrogen and oxygen atoms in total. The summed E-state index contributed by atoms with van der Waals surface area (Å²) < 4.78 is 2.14. The summed E-state index contributed by atoms with van der Waals surface area (Å²) in [6.45, 7) is 4.17. The Labute approximate surface area is 127 Å². The van der Waals surface area contributed by atoms with Crippen LogP contribution in [0, 0.1) is 6.92 Å². The number of thioether (sulfide) groups is 1. The van der Waals surface area contributed by atoms with Gasteiger partial charge in [0.15, 0.2) is 5.16 Å². The molecule has 0 radical (unpaired) electrons. The van der Waals surface area contributed by atoms with Gasteiger partial charge in [-0.3, -0.25) is 0 Å². The molecule has 3 rings (SSSR count). The van der Waals surface area contributed by atoms with Crippen molar-refractivity contribution in [1.29, 1.82) is 0 Å². The van der Waals surface area contributed by atoms with E-state index in [1.54, 1.807) is 23.1 Å². The minimum absolute atomic E-state index is 0.498. The van der Waals surface area contributed by atoms with Gasteiger partial charge >= 0.3 is 0 Å². The van der Waals surface area contributed by atoms with Crippen molar-refractivity contribution in [2.75, 3.05) is 13.1 Å². The van der Waals surface area contributed by atoms with Gasteiger partial charge in [0.1, 0.15) is 10.8 Å². The van der Waals surface area contributed by atoms with E-state index in [0.29, 0.717) is 5.92 Å². The molecule has 7 heteroatoms. The van der Waals surface area contributed by atoms with Crippen molar-refractivity contribution in [1.82, 2.24) is 25.1 Å². The zero-order chi connectivity index (χ0) is 13.9. The van der Waals surface area contributed by atoms with Crippen LogP contribution >= 0.6 is 23.1 Å². The van der Waals surface area contributed by atoms with Crippen LogP contribution in [-0.4, -0.2) is 32.8 Å². The van der Waals surface area contributed by atoms with E-state index in [4.69, 9.17) is 0 Å². The fourth-order valence-corrected chi connectivity index (χ4v) is 4.18. The number of aryl methyl sites for hydroxylation is 1. The lowest BCUT2D eigenvalue weighted by atomic mass is 9.99. The smallest absolute Gasteiger partial charge is 0.191 e. The van der Waals surface area contributed by atoms with Crippen LogP contribution in [0.3, 0.4) is 0 Å². The summed E-state index contributed by atoms with van der Waals surface area (Å²) in [5.74, 6) is 2.47. The van der Waals surface area contributed by atoms with E-state index >= 15 is 0 Å². The summed E-state index contributed by atoms with van der Waals surface area (Å²) in [6.07, 6.45) is 2.42. The van der Waals surface area contributed by atoms with Crippen molar-refractivity contribution in [2.24, 2.45) is 7.05 Å². The molecule has 0 aromatic carbocycles. The SMILES string of the molecule is Cc1csc(CSc2nnc([C@@H]3CCCNC3)n2C)n1. The molecule has 0 spiro atoms. The highest BCUT2D eigenvalue weighted by molar-refractivity contribution is 7.98. The molecule has 20 heavy (non-hydrogen) atoms. The van der Waals surface area contributed by atoms with Crippen LogP contribution in [-0.2, 0) is 12.8 Å². The van der Waals surface area contributed by atoms with Crippen LogP contribution in [0.4, 0.5) is 0 Å². The van der Waals surface area contributed by atoms with Gasteiger partial charge in [-0.15, -0.1) is 21.5 Å². The predicted octanol–water partition coefficient (Wildman–Crippen LogP) is 2.34. The van der Waals surface area contributed by atoms with E-state index in [1.807, 2.05) is 6.92 Å². The maximum absolute atomic E-state index is 4.48. The topological polar surface area (TPSA) is 55.6 Å². The van der Waals surface area contributed by atoms with E-state index < -0.39 is 0 Å². The van der Waals surface area contributed by atoms with Crippen LogP contribution in [0.5, 0.6) is 0 Å². The van der Waals surface area contributed by atoms with E-state index in [9.17, 15) is 0 Å². The lowest BCUT2D eigenvalue weighted by Crippen LogP contribution is -2.29. The van der Waals surface area contributed by atoms with Crippen LogP contribution in [0.25, 0.3) is 0 Å². The zero-order valence-corrected chi connectivity index (χ0v) is 13.4. The molecule has 1 aliphatic heterocycles. The van der Waals surface area contributed by atoms with Crippen molar-refractivity contribution in [3.63, 3.8) is 0 Å². The number of nitrogens with one attached hydrogen (secondary N) is 1. The van der Waals surface area contributed by atoms with Crippen molar-refractivity contribution in [2.45, 2.75) is 36.6 Å². The molecule has 1 aliphatic rings. The third kappa shape index (κ3) is 3.05. The first kappa shape index (κ1) is 14.0. The Bertz CT molecular complexity index is 571. The van der Waals surface area contributed by atoms with Crippen LogP contribution in [0.15, 0.2) is 10.5 Å². The molecule has 2 aromatic heterocycles. The first-order valence-electron chi connectivity index (χ1n) is 6.88. The quantitative estimate of drug-likeness (QED) is 0.879. The minimum atomic E-state index is 0.498. The molecule has 1 fully saturated rings. The first-order chi connectivity index (χ1) is 9.74. The average molecular weight is 309 g/mol. The highest BCUT2D eigenvalue weighted by atomic mass is 32.2. The van der Waals surface area contributed by atoms with E-state index in [-0.39, 0.29) is 0 Å². The first-order valence-corrected chi connectivity index (χ1v) is 8.74. The third-order valence-corrected chi connectivity index (χ3v) is 5.70. The Morgan fingerprint density at radius 3 is 3.10 bits per heavy atom. The molecule has 108 valence electrons. The number of thiazole rings is 1. The Hall–Kier alpha value is -0.920. The molecular formula is C13H19N5S2. The van der Waals surface area contributed by atoms with Gasteiger partial charge in [-0.2, -0.15) is 0 Å². The number of piperidine rings is 1. The average Bonchev–Trinajstić information content (AvgIpc) is 3.04. The Morgan fingerprint density at radius 1 is 1.50 bits per heavy atom. The van der Waals surface area contributed by atoms with Gasteiger partial charge < -0.3 is 9.88 Å². The van der Waals surface area contributed by atoms with E-state index in [0.717, 1.165) is 40.5 Å². The fourth-order valence-electron chi connectivity index (χ4n) is 2.47. The predicted molar refractivity (Wildman–Crippen MR) is 82.3 cm³/mol. The highest BCUT2D eigenvalue weighted by Crippen LogP contribution is 2.27. The summed E-state index contributed by atoms with van der Waals surface area (Å²) in [6, 6.07) is 0. The van der Waals surface area contributed by atoms with Crippen molar-refractivity contribution in [3.05, 3.63) is 21.9 Å². The summed E-state index contributed by atoms with van der Waals surface area (Å²) in [4.78, 5) is 4.48. The summed E-state index contributed by atoms with van der Waals surface area (Å²) in [5, 5.41) is 16.4. The van der Waals surface area contributed by atoms with Gasteiger partial charge in [-0.05, 0) is 26.3 Å². The monoisotopic (exact) mass is 309 g/mol.